The van der Waals surface area contributed by atoms with E-state index in [4.69, 9.17) is 16.3 Å². The van der Waals surface area contributed by atoms with Crippen LogP contribution in [0.2, 0.25) is 5.02 Å². The highest BCUT2D eigenvalue weighted by atomic mass is 35.5. The summed E-state index contributed by atoms with van der Waals surface area (Å²) in [6.07, 6.45) is 2.38. The van der Waals surface area contributed by atoms with E-state index in [1.54, 1.807) is 0 Å². The molecule has 1 aliphatic rings. The molecular formula is C15H22ClNO. The fourth-order valence-corrected chi connectivity index (χ4v) is 2.92. The summed E-state index contributed by atoms with van der Waals surface area (Å²) >= 11 is 6.24. The molecule has 3 heteroatoms. The van der Waals surface area contributed by atoms with Crippen LogP contribution in [0.25, 0.3) is 0 Å². The first kappa shape index (κ1) is 13.9. The van der Waals surface area contributed by atoms with E-state index in [9.17, 15) is 0 Å². The molecule has 0 radical (unpaired) electrons. The lowest BCUT2D eigenvalue weighted by Gasteiger charge is -2.32. The average molecular weight is 268 g/mol. The average Bonchev–Trinajstić information content (AvgIpc) is 2.41. The third-order valence-electron chi connectivity index (χ3n) is 3.74. The molecule has 0 spiro atoms. The first-order valence-corrected chi connectivity index (χ1v) is 7.18. The van der Waals surface area contributed by atoms with Crippen molar-refractivity contribution in [3.05, 3.63) is 34.3 Å². The second-order valence-electron chi connectivity index (χ2n) is 4.97. The molecule has 0 aliphatic carbocycles. The first-order valence-electron chi connectivity index (χ1n) is 6.80. The lowest BCUT2D eigenvalue weighted by atomic mass is 9.86. The Hall–Kier alpha value is -0.570. The number of benzene rings is 1. The topological polar surface area (TPSA) is 21.3 Å². The van der Waals surface area contributed by atoms with Crippen LogP contribution in [0.15, 0.2) is 18.2 Å². The molecule has 1 aromatic rings. The first-order chi connectivity index (χ1) is 8.74. The normalized spacial score (nSPS) is 21.8. The SMILES string of the molecule is CCNC(c1cccc(Cl)c1C)C1CCCOC1. The van der Waals surface area contributed by atoms with Gasteiger partial charge in [0.15, 0.2) is 0 Å². The Bertz CT molecular complexity index is 388. The van der Waals surface area contributed by atoms with Crippen molar-refractivity contribution in [2.45, 2.75) is 32.7 Å². The highest BCUT2D eigenvalue weighted by molar-refractivity contribution is 6.31. The summed E-state index contributed by atoms with van der Waals surface area (Å²) < 4.78 is 5.63. The highest BCUT2D eigenvalue weighted by Gasteiger charge is 2.26. The Morgan fingerprint density at radius 3 is 3.00 bits per heavy atom. The summed E-state index contributed by atoms with van der Waals surface area (Å²) in [5.74, 6) is 0.552. The summed E-state index contributed by atoms with van der Waals surface area (Å²) in [4.78, 5) is 0. The maximum Gasteiger partial charge on any atom is 0.0512 e. The molecule has 1 saturated heterocycles. The Kier molecular flexibility index (Phi) is 5.04. The highest BCUT2D eigenvalue weighted by Crippen LogP contribution is 2.32. The molecule has 0 saturated carbocycles. The van der Waals surface area contributed by atoms with Crippen molar-refractivity contribution in [1.82, 2.24) is 5.32 Å². The molecule has 2 atom stereocenters. The summed E-state index contributed by atoms with van der Waals surface area (Å²) in [5, 5.41) is 4.45. The fraction of sp³-hybridized carbons (Fsp3) is 0.600. The zero-order chi connectivity index (χ0) is 13.0. The molecule has 1 heterocycles. The quantitative estimate of drug-likeness (QED) is 0.898. The zero-order valence-electron chi connectivity index (χ0n) is 11.2. The van der Waals surface area contributed by atoms with E-state index in [-0.39, 0.29) is 0 Å². The molecule has 1 aromatic carbocycles. The number of halogens is 1. The van der Waals surface area contributed by atoms with Crippen molar-refractivity contribution in [2.75, 3.05) is 19.8 Å². The molecule has 2 nitrogen and oxygen atoms in total. The fourth-order valence-electron chi connectivity index (χ4n) is 2.74. The van der Waals surface area contributed by atoms with E-state index in [1.165, 1.54) is 17.5 Å². The van der Waals surface area contributed by atoms with Crippen LogP contribution >= 0.6 is 11.6 Å². The van der Waals surface area contributed by atoms with Gasteiger partial charge in [0.25, 0.3) is 0 Å². The van der Waals surface area contributed by atoms with Gasteiger partial charge in [0.05, 0.1) is 6.61 Å². The molecule has 2 rings (SSSR count). The predicted molar refractivity (Wildman–Crippen MR) is 76.1 cm³/mol. The van der Waals surface area contributed by atoms with Gasteiger partial charge < -0.3 is 10.1 Å². The number of nitrogens with one attached hydrogen (secondary N) is 1. The summed E-state index contributed by atoms with van der Waals surface area (Å²) in [6, 6.07) is 6.54. The van der Waals surface area contributed by atoms with Gasteiger partial charge >= 0.3 is 0 Å². The Morgan fingerprint density at radius 1 is 1.50 bits per heavy atom. The molecule has 0 bridgehead atoms. The van der Waals surface area contributed by atoms with Crippen molar-refractivity contribution in [3.8, 4) is 0 Å². The van der Waals surface area contributed by atoms with E-state index in [1.807, 2.05) is 12.1 Å². The Balaban J connectivity index is 2.25. The lowest BCUT2D eigenvalue weighted by Crippen LogP contribution is -2.33. The van der Waals surface area contributed by atoms with Crippen LogP contribution in [0.1, 0.15) is 36.9 Å². The molecule has 18 heavy (non-hydrogen) atoms. The van der Waals surface area contributed by atoms with Crippen LogP contribution in [0.4, 0.5) is 0 Å². The van der Waals surface area contributed by atoms with E-state index >= 15 is 0 Å². The van der Waals surface area contributed by atoms with Gasteiger partial charge in [-0.25, -0.2) is 0 Å². The molecule has 2 unspecified atom stereocenters. The minimum atomic E-state index is 0.356. The molecule has 1 fully saturated rings. The van der Waals surface area contributed by atoms with Crippen molar-refractivity contribution >= 4 is 11.6 Å². The third kappa shape index (κ3) is 3.05. The summed E-state index contributed by atoms with van der Waals surface area (Å²) in [5.41, 5.74) is 2.51. The van der Waals surface area contributed by atoms with Crippen LogP contribution < -0.4 is 5.32 Å². The van der Waals surface area contributed by atoms with Gasteiger partial charge in [0.2, 0.25) is 0 Å². The van der Waals surface area contributed by atoms with Gasteiger partial charge in [0.1, 0.15) is 0 Å². The molecule has 0 aromatic heterocycles. The molecule has 100 valence electrons. The van der Waals surface area contributed by atoms with Gasteiger partial charge in [-0.1, -0.05) is 30.7 Å². The second-order valence-corrected chi connectivity index (χ2v) is 5.37. The Labute approximate surface area is 115 Å². The van der Waals surface area contributed by atoms with Crippen LogP contribution in [0, 0.1) is 12.8 Å². The standard InChI is InChI=1S/C15H22ClNO/c1-3-17-15(12-6-5-9-18-10-12)13-7-4-8-14(16)11(13)2/h4,7-8,12,15,17H,3,5-6,9-10H2,1-2H3. The number of hydrogen-bond donors (Lipinski definition) is 1. The van der Waals surface area contributed by atoms with Crippen molar-refractivity contribution in [3.63, 3.8) is 0 Å². The Morgan fingerprint density at radius 2 is 2.33 bits per heavy atom. The van der Waals surface area contributed by atoms with Crippen LogP contribution in [0.5, 0.6) is 0 Å². The van der Waals surface area contributed by atoms with Crippen LogP contribution in [-0.4, -0.2) is 19.8 Å². The minimum absolute atomic E-state index is 0.356. The van der Waals surface area contributed by atoms with Crippen molar-refractivity contribution in [1.29, 1.82) is 0 Å². The largest absolute Gasteiger partial charge is 0.381 e. The number of hydrogen-bond acceptors (Lipinski definition) is 2. The maximum atomic E-state index is 6.24. The maximum absolute atomic E-state index is 6.24. The second kappa shape index (κ2) is 6.55. The molecule has 1 N–H and O–H groups in total. The van der Waals surface area contributed by atoms with Crippen molar-refractivity contribution in [2.24, 2.45) is 5.92 Å². The smallest absolute Gasteiger partial charge is 0.0512 e. The summed E-state index contributed by atoms with van der Waals surface area (Å²) in [7, 11) is 0. The van der Waals surface area contributed by atoms with Gasteiger partial charge in [-0.15, -0.1) is 0 Å². The molecule has 1 aliphatic heterocycles. The van der Waals surface area contributed by atoms with E-state index in [2.05, 4.69) is 25.2 Å². The van der Waals surface area contributed by atoms with Gasteiger partial charge in [-0.2, -0.15) is 0 Å². The monoisotopic (exact) mass is 267 g/mol. The van der Waals surface area contributed by atoms with Crippen molar-refractivity contribution < 1.29 is 4.74 Å². The summed E-state index contributed by atoms with van der Waals surface area (Å²) in [6.45, 7) is 6.98. The lowest BCUT2D eigenvalue weighted by molar-refractivity contribution is 0.0392. The van der Waals surface area contributed by atoms with Crippen LogP contribution in [-0.2, 0) is 4.74 Å². The third-order valence-corrected chi connectivity index (χ3v) is 4.15. The van der Waals surface area contributed by atoms with Gasteiger partial charge in [0, 0.05) is 23.6 Å². The van der Waals surface area contributed by atoms with E-state index in [0.717, 1.165) is 31.2 Å². The predicted octanol–water partition coefficient (Wildman–Crippen LogP) is 3.73. The number of ether oxygens (including phenoxy) is 1. The van der Waals surface area contributed by atoms with Crippen LogP contribution in [0.3, 0.4) is 0 Å². The zero-order valence-corrected chi connectivity index (χ0v) is 12.0. The molecular weight excluding hydrogens is 246 g/mol. The van der Waals surface area contributed by atoms with Gasteiger partial charge in [-0.3, -0.25) is 0 Å². The van der Waals surface area contributed by atoms with E-state index in [0.29, 0.717) is 12.0 Å². The van der Waals surface area contributed by atoms with E-state index < -0.39 is 0 Å². The minimum Gasteiger partial charge on any atom is -0.381 e. The van der Waals surface area contributed by atoms with Gasteiger partial charge in [-0.05, 0) is 43.5 Å². The molecule has 0 amide bonds. The number of rotatable bonds is 4.